The molecule has 0 aromatic heterocycles. The van der Waals surface area contributed by atoms with Gasteiger partial charge in [-0.1, -0.05) is 78.0 Å². The van der Waals surface area contributed by atoms with Gasteiger partial charge in [-0.05, 0) is 75.7 Å². The molecule has 0 saturated heterocycles. The highest BCUT2D eigenvalue weighted by atomic mass is 16.4. The summed E-state index contributed by atoms with van der Waals surface area (Å²) in [5.41, 5.74) is 1.29. The van der Waals surface area contributed by atoms with E-state index < -0.39 is 18.2 Å². The van der Waals surface area contributed by atoms with E-state index in [2.05, 4.69) is 75.5 Å². The number of carboxylic acids is 1. The number of amides is 1. The number of rotatable bonds is 15. The maximum Gasteiger partial charge on any atom is 0.305 e. The van der Waals surface area contributed by atoms with Crippen LogP contribution in [0.15, 0.2) is 24.3 Å². The Morgan fingerprint density at radius 2 is 1.65 bits per heavy atom. The molecule has 250 valence electrons. The lowest BCUT2D eigenvalue weighted by Gasteiger charge is -2.36. The first-order valence-electron chi connectivity index (χ1n) is 17.1. The van der Waals surface area contributed by atoms with Crippen molar-refractivity contribution in [1.82, 2.24) is 21.3 Å². The Hall–Kier alpha value is -1.74. The van der Waals surface area contributed by atoms with Crippen LogP contribution < -0.4 is 21.3 Å². The van der Waals surface area contributed by atoms with Gasteiger partial charge in [-0.15, -0.1) is 6.58 Å². The van der Waals surface area contributed by atoms with Gasteiger partial charge in [0.1, 0.15) is 6.23 Å². The number of carbonyl (C=O) groups excluding carboxylic acids is 1. The van der Waals surface area contributed by atoms with Crippen LogP contribution in [0, 0.1) is 23.7 Å². The average molecular weight is 607 g/mol. The number of allylic oxidation sites excluding steroid dienone is 3. The normalized spacial score (nSPS) is 24.7. The smallest absolute Gasteiger partial charge is 0.305 e. The second-order valence-corrected chi connectivity index (χ2v) is 13.9. The van der Waals surface area contributed by atoms with Crippen LogP contribution in [0.25, 0.3) is 0 Å². The Labute approximate surface area is 263 Å². The molecule has 0 spiro atoms. The molecule has 0 aromatic rings. The summed E-state index contributed by atoms with van der Waals surface area (Å²) in [6, 6.07) is -0.589. The van der Waals surface area contributed by atoms with Gasteiger partial charge in [0.25, 0.3) is 0 Å². The van der Waals surface area contributed by atoms with E-state index in [9.17, 15) is 19.8 Å². The lowest BCUT2D eigenvalue weighted by atomic mass is 9.85. The highest BCUT2D eigenvalue weighted by molar-refractivity contribution is 5.76. The van der Waals surface area contributed by atoms with Crippen LogP contribution in [0.4, 0.5) is 0 Å². The molecule has 1 saturated carbocycles. The average Bonchev–Trinajstić information content (AvgIpc) is 2.93. The Morgan fingerprint density at radius 1 is 1.00 bits per heavy atom. The van der Waals surface area contributed by atoms with Crippen molar-refractivity contribution in [1.29, 1.82) is 0 Å². The van der Waals surface area contributed by atoms with E-state index in [1.54, 1.807) is 0 Å². The highest BCUT2D eigenvalue weighted by Crippen LogP contribution is 2.26. The molecule has 0 bridgehead atoms. The van der Waals surface area contributed by atoms with Gasteiger partial charge in [0.05, 0.1) is 12.5 Å². The van der Waals surface area contributed by atoms with Gasteiger partial charge in [-0.3, -0.25) is 14.9 Å². The summed E-state index contributed by atoms with van der Waals surface area (Å²) in [7, 11) is 0. The number of aliphatic carboxylic acids is 1. The van der Waals surface area contributed by atoms with E-state index in [4.69, 9.17) is 0 Å². The molecule has 5 unspecified atom stereocenters. The number of hydrogen-bond donors (Lipinski definition) is 6. The molecule has 2 aliphatic carbocycles. The summed E-state index contributed by atoms with van der Waals surface area (Å²) in [5.74, 6) is 1.07. The maximum atomic E-state index is 12.4. The van der Waals surface area contributed by atoms with Crippen molar-refractivity contribution in [2.24, 2.45) is 23.7 Å². The fraction of sp³-hybridized carbons (Fsp3) is 0.829. The van der Waals surface area contributed by atoms with Crippen LogP contribution in [0.3, 0.4) is 0 Å². The van der Waals surface area contributed by atoms with Crippen molar-refractivity contribution in [2.75, 3.05) is 19.6 Å². The molecule has 0 heterocycles. The minimum atomic E-state index is -1.05. The first kappa shape index (κ1) is 39.3. The Morgan fingerprint density at radius 3 is 2.26 bits per heavy atom. The van der Waals surface area contributed by atoms with E-state index in [1.807, 2.05) is 6.08 Å². The first-order chi connectivity index (χ1) is 20.4. The third-order valence-corrected chi connectivity index (χ3v) is 8.30. The van der Waals surface area contributed by atoms with Crippen molar-refractivity contribution in [3.8, 4) is 0 Å². The standard InChI is InChI=1S/C31H56N4O4.C4H10/c1-5-25-19-27(26(34-21-22(2)3)15-11-6-8-12-23(25)4)35-31(39)28(20-30(37)38)32-16-17-33-29(36)18-24-13-9-7-10-14-24;1-4(2)3/h5,12,22,24-28,31-32,34-35,39H,1,6-11,13-21H2,2-4H3,(H,33,36)(H,37,38);4H,1-3H3/b23-12-;. The highest BCUT2D eigenvalue weighted by Gasteiger charge is 2.30. The zero-order chi connectivity index (χ0) is 32.2. The molecular weight excluding hydrogens is 540 g/mol. The third-order valence-electron chi connectivity index (χ3n) is 8.30. The van der Waals surface area contributed by atoms with Gasteiger partial charge >= 0.3 is 5.97 Å². The number of aliphatic hydroxyl groups excluding tert-OH is 1. The molecule has 6 N–H and O–H groups in total. The van der Waals surface area contributed by atoms with Gasteiger partial charge in [0.15, 0.2) is 0 Å². The second-order valence-electron chi connectivity index (χ2n) is 13.9. The van der Waals surface area contributed by atoms with E-state index in [0.29, 0.717) is 31.3 Å². The molecule has 8 nitrogen and oxygen atoms in total. The minimum absolute atomic E-state index is 0.0524. The van der Waals surface area contributed by atoms with Gasteiger partial charge < -0.3 is 26.2 Å². The van der Waals surface area contributed by atoms with Crippen LogP contribution in [-0.4, -0.2) is 66.1 Å². The molecule has 8 heteroatoms. The molecule has 0 radical (unpaired) electrons. The summed E-state index contributed by atoms with van der Waals surface area (Å²) in [4.78, 5) is 24.0. The predicted octanol–water partition coefficient (Wildman–Crippen LogP) is 5.77. The summed E-state index contributed by atoms with van der Waals surface area (Å²) in [6.07, 6.45) is 14.5. The van der Waals surface area contributed by atoms with Crippen molar-refractivity contribution >= 4 is 11.9 Å². The molecule has 0 aromatic carbocycles. The SMILES string of the molecule is C=CC1CC(NC(O)C(CC(=O)O)NCCNC(=O)CC2CCCCC2)C(NCC(C)C)CCCC/C=C\1C.CC(C)C. The molecule has 43 heavy (non-hydrogen) atoms. The summed E-state index contributed by atoms with van der Waals surface area (Å²) >= 11 is 0. The summed E-state index contributed by atoms with van der Waals surface area (Å²) < 4.78 is 0. The van der Waals surface area contributed by atoms with Crippen molar-refractivity contribution < 1.29 is 19.8 Å². The maximum absolute atomic E-state index is 12.4. The minimum Gasteiger partial charge on any atom is -0.481 e. The zero-order valence-corrected chi connectivity index (χ0v) is 28.3. The largest absolute Gasteiger partial charge is 0.481 e. The van der Waals surface area contributed by atoms with Crippen LogP contribution in [0.5, 0.6) is 0 Å². The zero-order valence-electron chi connectivity index (χ0n) is 28.3. The second kappa shape index (κ2) is 22.7. The van der Waals surface area contributed by atoms with Gasteiger partial charge in [0, 0.05) is 31.6 Å². The van der Waals surface area contributed by atoms with Crippen LogP contribution in [0.1, 0.15) is 119 Å². The monoisotopic (exact) mass is 607 g/mol. The molecule has 0 aliphatic heterocycles. The van der Waals surface area contributed by atoms with Crippen molar-refractivity contribution in [2.45, 2.75) is 143 Å². The van der Waals surface area contributed by atoms with E-state index in [-0.39, 0.29) is 30.3 Å². The Kier molecular flexibility index (Phi) is 20.8. The number of nitrogens with one attached hydrogen (secondary N) is 4. The summed E-state index contributed by atoms with van der Waals surface area (Å²) in [5, 5.41) is 34.1. The molecule has 2 rings (SSSR count). The van der Waals surface area contributed by atoms with Gasteiger partial charge in [-0.25, -0.2) is 0 Å². The number of carbonyl (C=O) groups is 2. The summed E-state index contributed by atoms with van der Waals surface area (Å²) in [6.45, 7) is 18.8. The fourth-order valence-corrected chi connectivity index (χ4v) is 5.92. The first-order valence-corrected chi connectivity index (χ1v) is 17.1. The van der Waals surface area contributed by atoms with Crippen molar-refractivity contribution in [3.05, 3.63) is 24.3 Å². The van der Waals surface area contributed by atoms with E-state index in [0.717, 1.165) is 57.4 Å². The molecule has 1 fully saturated rings. The Bertz CT molecular complexity index is 807. The van der Waals surface area contributed by atoms with Crippen LogP contribution in [-0.2, 0) is 9.59 Å². The van der Waals surface area contributed by atoms with Gasteiger partial charge in [-0.2, -0.15) is 0 Å². The van der Waals surface area contributed by atoms with Gasteiger partial charge in [0.2, 0.25) is 5.91 Å². The Balaban J connectivity index is 0.00000217. The molecular formula is C35H66N4O4. The third kappa shape index (κ3) is 18.6. The van der Waals surface area contributed by atoms with Crippen LogP contribution in [0.2, 0.25) is 0 Å². The van der Waals surface area contributed by atoms with E-state index in [1.165, 1.54) is 24.8 Å². The number of aliphatic hydroxyl groups is 1. The number of hydrogen-bond acceptors (Lipinski definition) is 6. The van der Waals surface area contributed by atoms with Crippen molar-refractivity contribution in [3.63, 3.8) is 0 Å². The quantitative estimate of drug-likeness (QED) is 0.0795. The fourth-order valence-electron chi connectivity index (χ4n) is 5.92. The van der Waals surface area contributed by atoms with E-state index >= 15 is 0 Å². The molecule has 1 amide bonds. The predicted molar refractivity (Wildman–Crippen MR) is 179 cm³/mol. The molecule has 5 atom stereocenters. The topological polar surface area (TPSA) is 123 Å². The van der Waals surface area contributed by atoms with Crippen LogP contribution >= 0.6 is 0 Å². The number of carboxylic acid groups (broad SMARTS) is 1. The lowest BCUT2D eigenvalue weighted by molar-refractivity contribution is -0.138. The molecule has 2 aliphatic rings. The lowest BCUT2D eigenvalue weighted by Crippen LogP contribution is -2.58.